The Kier molecular flexibility index (Phi) is 3.91. The molecule has 1 aromatic rings. The molecule has 0 saturated heterocycles. The summed E-state index contributed by atoms with van der Waals surface area (Å²) in [6.45, 7) is 3.87. The summed E-state index contributed by atoms with van der Waals surface area (Å²) in [4.78, 5) is 15.2. The largest absolute Gasteiger partial charge is 0.355 e. The van der Waals surface area contributed by atoms with Gasteiger partial charge in [0.15, 0.2) is 5.82 Å². The topological polar surface area (TPSA) is 66.7 Å². The first-order chi connectivity index (χ1) is 7.13. The summed E-state index contributed by atoms with van der Waals surface area (Å²) in [6, 6.07) is 3.47. The lowest BCUT2D eigenvalue weighted by Gasteiger charge is -1.98. The first-order valence-corrected chi connectivity index (χ1v) is 4.72. The molecular formula is C10H14N4O. The minimum atomic E-state index is -0.158. The van der Waals surface area contributed by atoms with E-state index in [0.29, 0.717) is 11.4 Å². The van der Waals surface area contributed by atoms with Gasteiger partial charge in [-0.2, -0.15) is 5.11 Å². The second kappa shape index (κ2) is 5.19. The number of amides is 1. The highest BCUT2D eigenvalue weighted by Crippen LogP contribution is 2.09. The van der Waals surface area contributed by atoms with E-state index in [0.717, 1.165) is 0 Å². The van der Waals surface area contributed by atoms with Gasteiger partial charge in [-0.15, -0.1) is 5.11 Å². The van der Waals surface area contributed by atoms with Crippen LogP contribution < -0.4 is 5.32 Å². The molecule has 0 fully saturated rings. The Bertz CT molecular complexity index is 356. The Balaban J connectivity index is 2.77. The van der Waals surface area contributed by atoms with Gasteiger partial charge in [-0.1, -0.05) is 0 Å². The number of rotatable bonds is 3. The maximum Gasteiger partial charge on any atom is 0.252 e. The summed E-state index contributed by atoms with van der Waals surface area (Å²) in [6.07, 6.45) is 1.48. The fourth-order valence-electron chi connectivity index (χ4n) is 0.898. The van der Waals surface area contributed by atoms with Crippen LogP contribution in [-0.2, 0) is 0 Å². The molecule has 0 aliphatic rings. The number of pyridine rings is 1. The van der Waals surface area contributed by atoms with Gasteiger partial charge in [0.05, 0.1) is 11.6 Å². The van der Waals surface area contributed by atoms with Crippen LogP contribution in [0.2, 0.25) is 0 Å². The Morgan fingerprint density at radius 1 is 1.47 bits per heavy atom. The molecule has 0 spiro atoms. The Labute approximate surface area is 88.6 Å². The van der Waals surface area contributed by atoms with Crippen LogP contribution in [0.3, 0.4) is 0 Å². The van der Waals surface area contributed by atoms with Crippen LogP contribution in [-0.4, -0.2) is 24.0 Å². The minimum Gasteiger partial charge on any atom is -0.355 e. The number of nitrogens with one attached hydrogen (secondary N) is 1. The first kappa shape index (κ1) is 11.3. The van der Waals surface area contributed by atoms with Gasteiger partial charge in [-0.05, 0) is 26.0 Å². The van der Waals surface area contributed by atoms with Crippen LogP contribution in [0.4, 0.5) is 5.82 Å². The smallest absolute Gasteiger partial charge is 0.252 e. The molecule has 0 aliphatic heterocycles. The van der Waals surface area contributed by atoms with Crippen molar-refractivity contribution < 1.29 is 4.79 Å². The molecule has 0 aromatic carbocycles. The van der Waals surface area contributed by atoms with Crippen molar-refractivity contribution in [2.75, 3.05) is 7.05 Å². The van der Waals surface area contributed by atoms with E-state index in [1.54, 1.807) is 19.2 Å². The molecule has 1 rings (SSSR count). The normalized spacial score (nSPS) is 10.9. The Morgan fingerprint density at radius 2 is 2.20 bits per heavy atom. The maximum atomic E-state index is 11.2. The lowest BCUT2D eigenvalue weighted by atomic mass is 10.3. The molecule has 0 bridgehead atoms. The summed E-state index contributed by atoms with van der Waals surface area (Å²) in [5, 5.41) is 10.4. The van der Waals surface area contributed by atoms with Crippen molar-refractivity contribution in [3.05, 3.63) is 23.9 Å². The van der Waals surface area contributed by atoms with Crippen LogP contribution in [0, 0.1) is 0 Å². The lowest BCUT2D eigenvalue weighted by Crippen LogP contribution is -2.17. The van der Waals surface area contributed by atoms with E-state index in [2.05, 4.69) is 20.5 Å². The minimum absolute atomic E-state index is 0.144. The molecule has 0 unspecified atom stereocenters. The average Bonchev–Trinajstić information content (AvgIpc) is 2.26. The molecule has 0 atom stereocenters. The average molecular weight is 206 g/mol. The Hall–Kier alpha value is -1.78. The van der Waals surface area contributed by atoms with Crippen molar-refractivity contribution in [1.82, 2.24) is 10.3 Å². The number of hydrogen-bond donors (Lipinski definition) is 1. The van der Waals surface area contributed by atoms with E-state index in [4.69, 9.17) is 0 Å². The summed E-state index contributed by atoms with van der Waals surface area (Å²) in [7, 11) is 1.58. The van der Waals surface area contributed by atoms with Crippen molar-refractivity contribution in [2.45, 2.75) is 19.9 Å². The number of aromatic nitrogens is 1. The number of hydrogen-bond acceptors (Lipinski definition) is 4. The third-order valence-electron chi connectivity index (χ3n) is 1.63. The van der Waals surface area contributed by atoms with Gasteiger partial charge >= 0.3 is 0 Å². The third kappa shape index (κ3) is 3.46. The van der Waals surface area contributed by atoms with Crippen molar-refractivity contribution in [3.63, 3.8) is 0 Å². The van der Waals surface area contributed by atoms with E-state index in [-0.39, 0.29) is 11.9 Å². The van der Waals surface area contributed by atoms with Gasteiger partial charge in [-0.25, -0.2) is 4.98 Å². The van der Waals surface area contributed by atoms with E-state index < -0.39 is 0 Å². The molecule has 0 radical (unpaired) electrons. The van der Waals surface area contributed by atoms with Gasteiger partial charge in [-0.3, -0.25) is 4.79 Å². The highest BCUT2D eigenvalue weighted by atomic mass is 16.1. The summed E-state index contributed by atoms with van der Waals surface area (Å²) >= 11 is 0. The van der Waals surface area contributed by atoms with Crippen molar-refractivity contribution in [1.29, 1.82) is 0 Å². The van der Waals surface area contributed by atoms with Gasteiger partial charge in [0, 0.05) is 13.2 Å². The summed E-state index contributed by atoms with van der Waals surface area (Å²) in [5.74, 6) is 0.353. The van der Waals surface area contributed by atoms with Crippen molar-refractivity contribution >= 4 is 11.7 Å². The van der Waals surface area contributed by atoms with E-state index >= 15 is 0 Å². The molecule has 1 amide bonds. The molecule has 5 nitrogen and oxygen atoms in total. The maximum absolute atomic E-state index is 11.2. The fraction of sp³-hybridized carbons (Fsp3) is 0.400. The van der Waals surface area contributed by atoms with Crippen LogP contribution in [0.25, 0.3) is 0 Å². The van der Waals surface area contributed by atoms with Crippen molar-refractivity contribution in [3.8, 4) is 0 Å². The number of carbonyl (C=O) groups is 1. The van der Waals surface area contributed by atoms with Crippen LogP contribution in [0.15, 0.2) is 28.6 Å². The SMILES string of the molecule is CNC(=O)c1ccc(N=NC(C)C)nc1. The van der Waals surface area contributed by atoms with Gasteiger partial charge < -0.3 is 5.32 Å². The molecule has 1 N–H and O–H groups in total. The monoisotopic (exact) mass is 206 g/mol. The molecule has 15 heavy (non-hydrogen) atoms. The number of nitrogens with zero attached hydrogens (tertiary/aromatic N) is 3. The second-order valence-corrected chi connectivity index (χ2v) is 3.29. The predicted molar refractivity (Wildman–Crippen MR) is 57.3 cm³/mol. The fourth-order valence-corrected chi connectivity index (χ4v) is 0.898. The molecule has 1 aromatic heterocycles. The number of carbonyl (C=O) groups excluding carboxylic acids is 1. The second-order valence-electron chi connectivity index (χ2n) is 3.29. The molecule has 80 valence electrons. The van der Waals surface area contributed by atoms with E-state index in [1.165, 1.54) is 6.20 Å². The molecular weight excluding hydrogens is 192 g/mol. The molecule has 0 saturated carbocycles. The Morgan fingerprint density at radius 3 is 2.67 bits per heavy atom. The van der Waals surface area contributed by atoms with Crippen LogP contribution in [0.5, 0.6) is 0 Å². The zero-order valence-corrected chi connectivity index (χ0v) is 9.06. The molecule has 1 heterocycles. The zero-order valence-electron chi connectivity index (χ0n) is 9.06. The highest BCUT2D eigenvalue weighted by molar-refractivity contribution is 5.93. The lowest BCUT2D eigenvalue weighted by molar-refractivity contribution is 0.0963. The quantitative estimate of drug-likeness (QED) is 0.768. The van der Waals surface area contributed by atoms with Gasteiger partial charge in [0.25, 0.3) is 5.91 Å². The van der Waals surface area contributed by atoms with E-state index in [1.807, 2.05) is 13.8 Å². The highest BCUT2D eigenvalue weighted by Gasteiger charge is 2.02. The molecule has 0 aliphatic carbocycles. The number of azo groups is 1. The summed E-state index contributed by atoms with van der Waals surface area (Å²) in [5.41, 5.74) is 0.515. The predicted octanol–water partition coefficient (Wildman–Crippen LogP) is 1.93. The zero-order chi connectivity index (χ0) is 11.3. The van der Waals surface area contributed by atoms with Gasteiger partial charge in [0.1, 0.15) is 0 Å². The van der Waals surface area contributed by atoms with Gasteiger partial charge in [0.2, 0.25) is 0 Å². The van der Waals surface area contributed by atoms with Crippen LogP contribution >= 0.6 is 0 Å². The standard InChI is InChI=1S/C10H14N4O/c1-7(2)13-14-9-5-4-8(6-12-9)10(15)11-3/h4-7H,1-3H3,(H,11,15). The third-order valence-corrected chi connectivity index (χ3v) is 1.63. The van der Waals surface area contributed by atoms with Crippen LogP contribution in [0.1, 0.15) is 24.2 Å². The summed E-state index contributed by atoms with van der Waals surface area (Å²) < 4.78 is 0. The van der Waals surface area contributed by atoms with Crippen molar-refractivity contribution in [2.24, 2.45) is 10.2 Å². The first-order valence-electron chi connectivity index (χ1n) is 4.72. The molecule has 5 heteroatoms. The van der Waals surface area contributed by atoms with E-state index in [9.17, 15) is 4.79 Å².